The van der Waals surface area contributed by atoms with Crippen LogP contribution in [-0.4, -0.2) is 22.9 Å². The number of nitrogens with one attached hydrogen (secondary N) is 1. The Hall–Kier alpha value is -2.22. The van der Waals surface area contributed by atoms with Crippen LogP contribution in [0, 0.1) is 0 Å². The van der Waals surface area contributed by atoms with Gasteiger partial charge in [0.25, 0.3) is 0 Å². The van der Waals surface area contributed by atoms with Crippen molar-refractivity contribution >= 4 is 5.69 Å². The lowest BCUT2D eigenvalue weighted by atomic mass is 10.4. The normalized spacial score (nSPS) is 11.4. The van der Waals surface area contributed by atoms with Crippen LogP contribution in [0.15, 0.2) is 34.9 Å². The van der Waals surface area contributed by atoms with Gasteiger partial charge in [0.05, 0.1) is 18.4 Å². The molecule has 0 saturated carbocycles. The predicted molar refractivity (Wildman–Crippen MR) is 67.7 cm³/mol. The maximum Gasteiger partial charge on any atom is 0.422 e. The van der Waals surface area contributed by atoms with Gasteiger partial charge < -0.3 is 19.6 Å². The molecule has 8 heteroatoms. The van der Waals surface area contributed by atoms with E-state index in [0.717, 1.165) is 0 Å². The molecule has 0 aliphatic rings. The molecule has 2 heterocycles. The Bertz CT molecular complexity index is 567. The van der Waals surface area contributed by atoms with Crippen LogP contribution in [0.3, 0.4) is 0 Å². The molecule has 0 saturated heterocycles. The summed E-state index contributed by atoms with van der Waals surface area (Å²) >= 11 is 0. The minimum Gasteiger partial charge on any atom is -0.468 e. The van der Waals surface area contributed by atoms with E-state index in [1.54, 1.807) is 18.2 Å². The van der Waals surface area contributed by atoms with Gasteiger partial charge in [0.15, 0.2) is 6.61 Å². The van der Waals surface area contributed by atoms with Gasteiger partial charge in [0.1, 0.15) is 18.1 Å². The van der Waals surface area contributed by atoms with Gasteiger partial charge in [-0.3, -0.25) is 0 Å². The maximum atomic E-state index is 12.0. The molecule has 0 spiro atoms. The molecule has 0 aliphatic carbocycles. The number of alkyl halides is 3. The summed E-state index contributed by atoms with van der Waals surface area (Å²) in [6.45, 7) is -1.18. The second kappa shape index (κ2) is 6.49. The van der Waals surface area contributed by atoms with E-state index < -0.39 is 12.8 Å². The summed E-state index contributed by atoms with van der Waals surface area (Å²) in [6.07, 6.45) is -3.02. The first-order valence-electron chi connectivity index (χ1n) is 6.04. The zero-order valence-corrected chi connectivity index (χ0v) is 10.9. The first-order chi connectivity index (χ1) is 9.96. The van der Waals surface area contributed by atoms with E-state index in [-0.39, 0.29) is 12.5 Å². The minimum absolute atomic E-state index is 0.0987. The molecule has 2 aromatic heterocycles. The highest BCUT2D eigenvalue weighted by molar-refractivity contribution is 5.42. The summed E-state index contributed by atoms with van der Waals surface area (Å²) in [5.74, 6) is 0.982. The Labute approximate surface area is 118 Å². The van der Waals surface area contributed by atoms with Gasteiger partial charge in [-0.1, -0.05) is 0 Å². The second-order valence-electron chi connectivity index (χ2n) is 4.17. The lowest BCUT2D eigenvalue weighted by Crippen LogP contribution is -2.19. The van der Waals surface area contributed by atoms with E-state index in [9.17, 15) is 13.2 Å². The number of halogens is 3. The van der Waals surface area contributed by atoms with E-state index in [1.165, 1.54) is 12.3 Å². The highest BCUT2D eigenvalue weighted by atomic mass is 19.4. The van der Waals surface area contributed by atoms with Gasteiger partial charge in [0.2, 0.25) is 5.88 Å². The summed E-state index contributed by atoms with van der Waals surface area (Å²) in [7, 11) is 0. The molecule has 0 bridgehead atoms. The van der Waals surface area contributed by atoms with Crippen LogP contribution < -0.4 is 10.1 Å². The number of aliphatic hydroxyl groups excluding tert-OH is 1. The van der Waals surface area contributed by atoms with Gasteiger partial charge in [-0.2, -0.15) is 13.2 Å². The SMILES string of the molecule is OCc1ccc(CNc2ccc(OCC(F)(F)F)nc2)o1. The number of furan rings is 1. The van der Waals surface area contributed by atoms with Crippen molar-refractivity contribution in [2.45, 2.75) is 19.3 Å². The minimum atomic E-state index is -4.39. The highest BCUT2D eigenvalue weighted by Crippen LogP contribution is 2.18. The van der Waals surface area contributed by atoms with Crippen molar-refractivity contribution in [3.05, 3.63) is 42.0 Å². The zero-order valence-electron chi connectivity index (χ0n) is 10.9. The number of aromatic nitrogens is 1. The first kappa shape index (κ1) is 15.2. The lowest BCUT2D eigenvalue weighted by Gasteiger charge is -2.09. The molecule has 2 rings (SSSR count). The van der Waals surface area contributed by atoms with E-state index in [0.29, 0.717) is 23.8 Å². The van der Waals surface area contributed by atoms with Crippen LogP contribution in [0.5, 0.6) is 5.88 Å². The Kier molecular flexibility index (Phi) is 4.69. The van der Waals surface area contributed by atoms with Gasteiger partial charge in [-0.25, -0.2) is 4.98 Å². The maximum absolute atomic E-state index is 12.0. The van der Waals surface area contributed by atoms with E-state index in [2.05, 4.69) is 15.0 Å². The van der Waals surface area contributed by atoms with Crippen LogP contribution >= 0.6 is 0 Å². The number of pyridine rings is 1. The third-order valence-corrected chi connectivity index (χ3v) is 2.46. The average molecular weight is 302 g/mol. The second-order valence-corrected chi connectivity index (χ2v) is 4.17. The van der Waals surface area contributed by atoms with Crippen molar-refractivity contribution in [2.24, 2.45) is 0 Å². The van der Waals surface area contributed by atoms with Gasteiger partial charge in [-0.15, -0.1) is 0 Å². The quantitative estimate of drug-likeness (QED) is 0.859. The number of rotatable bonds is 6. The van der Waals surface area contributed by atoms with Gasteiger partial charge >= 0.3 is 6.18 Å². The van der Waals surface area contributed by atoms with Crippen molar-refractivity contribution < 1.29 is 27.4 Å². The summed E-state index contributed by atoms with van der Waals surface area (Å²) in [5.41, 5.74) is 0.608. The number of hydrogen-bond donors (Lipinski definition) is 2. The number of nitrogens with zero attached hydrogens (tertiary/aromatic N) is 1. The predicted octanol–water partition coefficient (Wildman–Crippen LogP) is 2.72. The fourth-order valence-electron chi connectivity index (χ4n) is 1.52. The van der Waals surface area contributed by atoms with Crippen LogP contribution in [0.25, 0.3) is 0 Å². The van der Waals surface area contributed by atoms with Crippen molar-refractivity contribution in [2.75, 3.05) is 11.9 Å². The molecule has 0 atom stereocenters. The number of ether oxygens (including phenoxy) is 1. The molecule has 0 aromatic carbocycles. The summed E-state index contributed by atoms with van der Waals surface area (Å²) < 4.78 is 45.7. The van der Waals surface area contributed by atoms with Gasteiger partial charge in [0, 0.05) is 6.07 Å². The van der Waals surface area contributed by atoms with Crippen LogP contribution in [-0.2, 0) is 13.2 Å². The molecular weight excluding hydrogens is 289 g/mol. The largest absolute Gasteiger partial charge is 0.468 e. The van der Waals surface area contributed by atoms with Crippen molar-refractivity contribution in [1.82, 2.24) is 4.98 Å². The number of aliphatic hydroxyl groups is 1. The third-order valence-electron chi connectivity index (χ3n) is 2.46. The average Bonchev–Trinajstić information content (AvgIpc) is 2.91. The zero-order chi connectivity index (χ0) is 15.3. The fourth-order valence-corrected chi connectivity index (χ4v) is 1.52. The highest BCUT2D eigenvalue weighted by Gasteiger charge is 2.28. The fraction of sp³-hybridized carbons (Fsp3) is 0.308. The molecule has 21 heavy (non-hydrogen) atoms. The Morgan fingerprint density at radius 2 is 1.95 bits per heavy atom. The van der Waals surface area contributed by atoms with Crippen LogP contribution in [0.2, 0.25) is 0 Å². The molecule has 2 aromatic rings. The molecule has 0 fully saturated rings. The number of hydrogen-bond acceptors (Lipinski definition) is 5. The topological polar surface area (TPSA) is 67.5 Å². The Morgan fingerprint density at radius 3 is 2.52 bits per heavy atom. The molecule has 0 amide bonds. The molecule has 0 aliphatic heterocycles. The molecule has 0 unspecified atom stereocenters. The van der Waals surface area contributed by atoms with Crippen molar-refractivity contribution in [3.8, 4) is 5.88 Å². The molecule has 0 radical (unpaired) electrons. The third kappa shape index (κ3) is 4.99. The summed E-state index contributed by atoms with van der Waals surface area (Å²) in [4.78, 5) is 3.76. The van der Waals surface area contributed by atoms with E-state index in [4.69, 9.17) is 9.52 Å². The molecular formula is C13H13F3N2O3. The monoisotopic (exact) mass is 302 g/mol. The standard InChI is InChI=1S/C13H13F3N2O3/c14-13(15,16)8-20-12-4-1-9(5-18-12)17-6-10-2-3-11(7-19)21-10/h1-5,17,19H,6-8H2. The van der Waals surface area contributed by atoms with Crippen LogP contribution in [0.4, 0.5) is 18.9 Å². The number of anilines is 1. The smallest absolute Gasteiger partial charge is 0.422 e. The molecule has 114 valence electrons. The molecule has 5 nitrogen and oxygen atoms in total. The van der Waals surface area contributed by atoms with E-state index in [1.807, 2.05) is 0 Å². The van der Waals surface area contributed by atoms with Crippen molar-refractivity contribution in [1.29, 1.82) is 0 Å². The van der Waals surface area contributed by atoms with E-state index >= 15 is 0 Å². The van der Waals surface area contributed by atoms with Crippen LogP contribution in [0.1, 0.15) is 11.5 Å². The first-order valence-corrected chi connectivity index (χ1v) is 6.04. The van der Waals surface area contributed by atoms with Crippen molar-refractivity contribution in [3.63, 3.8) is 0 Å². The van der Waals surface area contributed by atoms with Gasteiger partial charge in [-0.05, 0) is 18.2 Å². The summed E-state index contributed by atoms with van der Waals surface area (Å²) in [6, 6.07) is 6.26. The lowest BCUT2D eigenvalue weighted by molar-refractivity contribution is -0.154. The Morgan fingerprint density at radius 1 is 1.19 bits per heavy atom. The Balaban J connectivity index is 1.84. The summed E-state index contributed by atoms with van der Waals surface area (Å²) in [5, 5.41) is 11.8. The molecule has 2 N–H and O–H groups in total.